The summed E-state index contributed by atoms with van der Waals surface area (Å²) < 4.78 is 27.4. The Morgan fingerprint density at radius 3 is 2.45 bits per heavy atom. The van der Waals surface area contributed by atoms with E-state index < -0.39 is 10.0 Å². The Balaban J connectivity index is 2.49. The number of nitrogens with zero attached hydrogens (tertiary/aromatic N) is 1. The zero-order valence-electron chi connectivity index (χ0n) is 11.8. The van der Waals surface area contributed by atoms with Crippen LogP contribution in [0.25, 0.3) is 0 Å². The maximum Gasteiger partial charge on any atom is 0.245 e. The van der Waals surface area contributed by atoms with Crippen LogP contribution in [-0.2, 0) is 16.6 Å². The first kappa shape index (κ1) is 15.8. The molecule has 0 spiro atoms. The van der Waals surface area contributed by atoms with E-state index in [1.165, 1.54) is 0 Å². The van der Waals surface area contributed by atoms with Gasteiger partial charge >= 0.3 is 0 Å². The quantitative estimate of drug-likeness (QED) is 0.932. The summed E-state index contributed by atoms with van der Waals surface area (Å²) in [5, 5.41) is 0.257. The van der Waals surface area contributed by atoms with E-state index in [2.05, 4.69) is 0 Å². The number of hydrogen-bond donors (Lipinski definition) is 1. The van der Waals surface area contributed by atoms with Crippen molar-refractivity contribution in [2.45, 2.75) is 56.6 Å². The highest BCUT2D eigenvalue weighted by Crippen LogP contribution is 2.32. The minimum absolute atomic E-state index is 0.00125. The van der Waals surface area contributed by atoms with Crippen LogP contribution in [0, 0.1) is 0 Å². The van der Waals surface area contributed by atoms with Gasteiger partial charge in [0.15, 0.2) is 0 Å². The number of nitrogens with two attached hydrogens (primary N) is 1. The molecule has 1 aliphatic heterocycles. The maximum absolute atomic E-state index is 12.9. The van der Waals surface area contributed by atoms with Crippen molar-refractivity contribution >= 4 is 21.6 Å². The summed E-state index contributed by atoms with van der Waals surface area (Å²) in [6.07, 6.45) is 2.83. The van der Waals surface area contributed by atoms with Gasteiger partial charge < -0.3 is 5.73 Å². The fourth-order valence-electron chi connectivity index (χ4n) is 2.86. The summed E-state index contributed by atoms with van der Waals surface area (Å²) in [6.45, 7) is 4.20. The second-order valence-electron chi connectivity index (χ2n) is 5.43. The number of benzene rings is 1. The molecule has 112 valence electrons. The van der Waals surface area contributed by atoms with Crippen LogP contribution >= 0.6 is 11.6 Å². The van der Waals surface area contributed by atoms with E-state index in [9.17, 15) is 8.42 Å². The van der Waals surface area contributed by atoms with Crippen LogP contribution in [0.15, 0.2) is 23.1 Å². The lowest BCUT2D eigenvalue weighted by Gasteiger charge is -2.37. The van der Waals surface area contributed by atoms with Crippen LogP contribution in [0.4, 0.5) is 0 Å². The van der Waals surface area contributed by atoms with Gasteiger partial charge in [-0.3, -0.25) is 0 Å². The molecular weight excluding hydrogens is 296 g/mol. The Labute approximate surface area is 126 Å². The Morgan fingerprint density at radius 1 is 1.30 bits per heavy atom. The van der Waals surface area contributed by atoms with Crippen LogP contribution in [0.3, 0.4) is 0 Å². The van der Waals surface area contributed by atoms with Gasteiger partial charge in [-0.2, -0.15) is 4.31 Å². The van der Waals surface area contributed by atoms with Crippen LogP contribution in [0.2, 0.25) is 5.02 Å². The summed E-state index contributed by atoms with van der Waals surface area (Å²) in [6, 6.07) is 4.95. The molecule has 1 aliphatic rings. The molecule has 20 heavy (non-hydrogen) atoms. The monoisotopic (exact) mass is 316 g/mol. The molecule has 1 aromatic carbocycles. The van der Waals surface area contributed by atoms with E-state index in [4.69, 9.17) is 17.3 Å². The average Bonchev–Trinajstić information content (AvgIpc) is 2.38. The molecule has 0 aliphatic carbocycles. The van der Waals surface area contributed by atoms with Gasteiger partial charge in [-0.05, 0) is 44.4 Å². The second kappa shape index (κ2) is 6.02. The summed E-state index contributed by atoms with van der Waals surface area (Å²) in [5.74, 6) is 0. The molecule has 0 radical (unpaired) electrons. The molecule has 0 saturated carbocycles. The van der Waals surface area contributed by atoms with Gasteiger partial charge in [-0.25, -0.2) is 8.42 Å². The van der Waals surface area contributed by atoms with Gasteiger partial charge in [-0.15, -0.1) is 0 Å². The first-order chi connectivity index (χ1) is 9.37. The minimum atomic E-state index is -3.58. The molecule has 0 amide bonds. The normalized spacial score (nSPS) is 24.8. The van der Waals surface area contributed by atoms with E-state index in [0.29, 0.717) is 6.54 Å². The number of hydrogen-bond acceptors (Lipinski definition) is 3. The number of sulfonamides is 1. The maximum atomic E-state index is 12.9. The van der Waals surface area contributed by atoms with Crippen LogP contribution in [0.1, 0.15) is 38.7 Å². The van der Waals surface area contributed by atoms with Crippen molar-refractivity contribution in [2.24, 2.45) is 5.73 Å². The highest BCUT2D eigenvalue weighted by Gasteiger charge is 2.36. The molecule has 4 nitrogen and oxygen atoms in total. The lowest BCUT2D eigenvalue weighted by atomic mass is 10.0. The third kappa shape index (κ3) is 2.86. The molecule has 1 aromatic rings. The first-order valence-corrected chi connectivity index (χ1v) is 8.71. The Kier molecular flexibility index (Phi) is 4.74. The summed E-state index contributed by atoms with van der Waals surface area (Å²) in [7, 11) is -3.58. The SMILES string of the molecule is C[C@@H]1CCC[C@H](C)N1S(=O)(=O)c1cc(CN)ccc1Cl. The number of rotatable bonds is 3. The van der Waals surface area contributed by atoms with Crippen LogP contribution in [0.5, 0.6) is 0 Å². The molecular formula is C14H21ClN2O2S. The summed E-state index contributed by atoms with van der Waals surface area (Å²) in [5.41, 5.74) is 6.36. The Morgan fingerprint density at radius 2 is 1.90 bits per heavy atom. The molecule has 2 rings (SSSR count). The smallest absolute Gasteiger partial charge is 0.245 e. The van der Waals surface area contributed by atoms with Crippen LogP contribution < -0.4 is 5.73 Å². The number of halogens is 1. The Bertz CT molecular complexity index is 579. The second-order valence-corrected chi connectivity index (χ2v) is 7.65. The minimum Gasteiger partial charge on any atom is -0.326 e. The highest BCUT2D eigenvalue weighted by atomic mass is 35.5. The molecule has 2 N–H and O–H groups in total. The zero-order valence-corrected chi connectivity index (χ0v) is 13.4. The predicted octanol–water partition coefficient (Wildman–Crippen LogP) is 2.75. The van der Waals surface area contributed by atoms with Gasteiger partial charge in [0.05, 0.1) is 5.02 Å². The standard InChI is InChI=1S/C14H21ClN2O2S/c1-10-4-3-5-11(2)17(10)20(18,19)14-8-12(9-16)6-7-13(14)15/h6-8,10-11H,3-5,9,16H2,1-2H3/t10-,11+. The van der Waals surface area contributed by atoms with E-state index >= 15 is 0 Å². The largest absolute Gasteiger partial charge is 0.326 e. The molecule has 0 aromatic heterocycles. The molecule has 1 heterocycles. The fraction of sp³-hybridized carbons (Fsp3) is 0.571. The van der Waals surface area contributed by atoms with E-state index in [0.717, 1.165) is 24.8 Å². The van der Waals surface area contributed by atoms with Crippen molar-refractivity contribution in [2.75, 3.05) is 0 Å². The fourth-order valence-corrected chi connectivity index (χ4v) is 5.27. The molecule has 2 atom stereocenters. The van der Waals surface area contributed by atoms with Gasteiger partial charge in [0.1, 0.15) is 4.90 Å². The van der Waals surface area contributed by atoms with Crippen molar-refractivity contribution in [3.63, 3.8) is 0 Å². The highest BCUT2D eigenvalue weighted by molar-refractivity contribution is 7.89. The Hall–Kier alpha value is -0.620. The lowest BCUT2D eigenvalue weighted by Crippen LogP contribution is -2.47. The average molecular weight is 317 g/mol. The summed E-state index contributed by atoms with van der Waals surface area (Å²) in [4.78, 5) is 0.169. The van der Waals surface area contributed by atoms with Gasteiger partial charge in [0, 0.05) is 18.6 Å². The van der Waals surface area contributed by atoms with Gasteiger partial charge in [0.2, 0.25) is 10.0 Å². The third-order valence-corrected chi connectivity index (χ3v) is 6.51. The van der Waals surface area contributed by atoms with Crippen molar-refractivity contribution in [3.8, 4) is 0 Å². The molecule has 0 bridgehead atoms. The zero-order chi connectivity index (χ0) is 14.9. The van der Waals surface area contributed by atoms with E-state index in [1.807, 2.05) is 13.8 Å². The van der Waals surface area contributed by atoms with Gasteiger partial charge in [-0.1, -0.05) is 24.1 Å². The topological polar surface area (TPSA) is 63.4 Å². The predicted molar refractivity (Wildman–Crippen MR) is 81.1 cm³/mol. The van der Waals surface area contributed by atoms with Gasteiger partial charge in [0.25, 0.3) is 0 Å². The molecule has 0 unspecified atom stereocenters. The van der Waals surface area contributed by atoms with Crippen molar-refractivity contribution in [3.05, 3.63) is 28.8 Å². The van der Waals surface area contributed by atoms with Crippen molar-refractivity contribution < 1.29 is 8.42 Å². The third-order valence-electron chi connectivity index (χ3n) is 3.90. The molecule has 1 fully saturated rings. The van der Waals surface area contributed by atoms with Crippen molar-refractivity contribution in [1.82, 2.24) is 4.31 Å². The first-order valence-electron chi connectivity index (χ1n) is 6.90. The van der Waals surface area contributed by atoms with Crippen molar-refractivity contribution in [1.29, 1.82) is 0 Å². The summed E-state index contributed by atoms with van der Waals surface area (Å²) >= 11 is 6.11. The molecule has 1 saturated heterocycles. The number of piperidine rings is 1. The lowest BCUT2D eigenvalue weighted by molar-refractivity contribution is 0.204. The van der Waals surface area contributed by atoms with E-state index in [1.54, 1.807) is 22.5 Å². The van der Waals surface area contributed by atoms with Crippen LogP contribution in [-0.4, -0.2) is 24.8 Å². The van der Waals surface area contributed by atoms with E-state index in [-0.39, 0.29) is 22.0 Å². The molecule has 6 heteroatoms.